The molecular weight excluding hydrogens is 117 g/mol. The Kier molecular flexibility index (Phi) is 2.25. The number of nitrogens with zero attached hydrogens (tertiary/aromatic N) is 1. The Labute approximate surface area is 54.9 Å². The van der Waals surface area contributed by atoms with Gasteiger partial charge in [-0.2, -0.15) is 0 Å². The fourth-order valence-corrected chi connectivity index (χ4v) is 0.990. The summed E-state index contributed by atoms with van der Waals surface area (Å²) in [5.41, 5.74) is 0. The van der Waals surface area contributed by atoms with Crippen LogP contribution in [-0.4, -0.2) is 42.7 Å². The lowest BCUT2D eigenvalue weighted by atomic mass is 9.96. The van der Waals surface area contributed by atoms with E-state index in [2.05, 4.69) is 0 Å². The molecular formula is C5H9BNO2. The van der Waals surface area contributed by atoms with Crippen LogP contribution in [0.3, 0.4) is 0 Å². The topological polar surface area (TPSA) is 40.5 Å². The van der Waals surface area contributed by atoms with Crippen molar-refractivity contribution in [1.29, 1.82) is 0 Å². The van der Waals surface area contributed by atoms with E-state index in [-0.39, 0.29) is 6.10 Å². The molecule has 49 valence electrons. The molecule has 1 radical (unpaired) electrons. The summed E-state index contributed by atoms with van der Waals surface area (Å²) in [6.07, 6.45) is 1.30. The van der Waals surface area contributed by atoms with Crippen molar-refractivity contribution in [2.75, 3.05) is 13.1 Å². The van der Waals surface area contributed by atoms with Crippen LogP contribution in [0.1, 0.15) is 6.42 Å². The Morgan fingerprint density at radius 1 is 1.78 bits per heavy atom. The van der Waals surface area contributed by atoms with Gasteiger partial charge in [0.05, 0.1) is 12.3 Å². The lowest BCUT2D eigenvalue weighted by molar-refractivity contribution is 0.189. The lowest BCUT2D eigenvalue weighted by Gasteiger charge is -2.07. The van der Waals surface area contributed by atoms with E-state index in [0.717, 1.165) is 19.2 Å². The third kappa shape index (κ3) is 1.80. The van der Waals surface area contributed by atoms with Gasteiger partial charge in [0, 0.05) is 6.54 Å². The van der Waals surface area contributed by atoms with Crippen LogP contribution in [0.2, 0.25) is 0 Å². The van der Waals surface area contributed by atoms with Crippen molar-refractivity contribution >= 4 is 13.6 Å². The molecule has 1 atom stereocenters. The summed E-state index contributed by atoms with van der Waals surface area (Å²) in [5, 5.41) is 8.95. The minimum Gasteiger partial charge on any atom is -0.392 e. The van der Waals surface area contributed by atoms with Crippen LogP contribution < -0.4 is 0 Å². The molecule has 1 saturated heterocycles. The van der Waals surface area contributed by atoms with Gasteiger partial charge >= 0.3 is 0 Å². The summed E-state index contributed by atoms with van der Waals surface area (Å²) in [7, 11) is 1.47. The lowest BCUT2D eigenvalue weighted by Crippen LogP contribution is -2.27. The number of rotatable bonds is 2. The number of aliphatic hydroxyl groups excluding tert-OH is 1. The molecule has 0 saturated carbocycles. The van der Waals surface area contributed by atoms with E-state index in [0.29, 0.717) is 6.54 Å². The number of β-amino-alcohol motifs (C(OH)–C–C–N with tert-alkyl or cyclic N) is 1. The van der Waals surface area contributed by atoms with Crippen molar-refractivity contribution < 1.29 is 9.90 Å². The average molecular weight is 126 g/mol. The SMILES string of the molecule is O=C[B]N1CC[C@@H](O)C1. The molecule has 0 aliphatic carbocycles. The van der Waals surface area contributed by atoms with Crippen LogP contribution >= 0.6 is 0 Å². The summed E-state index contributed by atoms with van der Waals surface area (Å²) in [6.45, 7) is 1.42. The Balaban J connectivity index is 2.21. The first kappa shape index (κ1) is 6.77. The normalized spacial score (nSPS) is 28.3. The molecule has 0 unspecified atom stereocenters. The second-order valence-corrected chi connectivity index (χ2v) is 2.22. The molecule has 1 aliphatic heterocycles. The third-order valence-electron chi connectivity index (χ3n) is 1.47. The molecule has 0 aromatic carbocycles. The molecule has 9 heavy (non-hydrogen) atoms. The average Bonchev–Trinajstić information content (AvgIpc) is 2.17. The predicted octanol–water partition coefficient (Wildman–Crippen LogP) is -1.14. The van der Waals surface area contributed by atoms with E-state index in [9.17, 15) is 4.79 Å². The van der Waals surface area contributed by atoms with Gasteiger partial charge in [-0.15, -0.1) is 0 Å². The van der Waals surface area contributed by atoms with Crippen molar-refractivity contribution in [3.8, 4) is 0 Å². The number of hydrogen-bond donors (Lipinski definition) is 1. The summed E-state index contributed by atoms with van der Waals surface area (Å²) in [4.78, 5) is 11.7. The first-order chi connectivity index (χ1) is 4.33. The molecule has 1 heterocycles. The predicted molar refractivity (Wildman–Crippen MR) is 34.7 cm³/mol. The molecule has 0 spiro atoms. The highest BCUT2D eigenvalue weighted by atomic mass is 16.3. The van der Waals surface area contributed by atoms with Crippen molar-refractivity contribution in [3.05, 3.63) is 0 Å². The highest BCUT2D eigenvalue weighted by Gasteiger charge is 2.19. The highest BCUT2D eigenvalue weighted by Crippen LogP contribution is 2.05. The Morgan fingerprint density at radius 2 is 2.56 bits per heavy atom. The van der Waals surface area contributed by atoms with Crippen molar-refractivity contribution in [1.82, 2.24) is 4.81 Å². The maximum absolute atomic E-state index is 9.89. The molecule has 4 heteroatoms. The summed E-state index contributed by atoms with van der Waals surface area (Å²) in [6, 6.07) is 0. The van der Waals surface area contributed by atoms with Gasteiger partial charge < -0.3 is 14.7 Å². The number of hydrogen-bond acceptors (Lipinski definition) is 3. The van der Waals surface area contributed by atoms with Crippen LogP contribution in [0.15, 0.2) is 0 Å². The summed E-state index contributed by atoms with van der Waals surface area (Å²) < 4.78 is 0. The maximum Gasteiger partial charge on any atom is 0.293 e. The minimum atomic E-state index is -0.235. The fraction of sp³-hybridized carbons (Fsp3) is 0.800. The van der Waals surface area contributed by atoms with Crippen LogP contribution in [0.4, 0.5) is 0 Å². The molecule has 1 N–H and O–H groups in total. The standard InChI is InChI=1S/C5H9BNO2/c8-4-6-7-2-1-5(9)3-7/h4-5,9H,1-3H2/t5-/m1/s1. The van der Waals surface area contributed by atoms with E-state index in [4.69, 9.17) is 5.11 Å². The van der Waals surface area contributed by atoms with Gasteiger partial charge in [-0.3, -0.25) is 0 Å². The fourth-order valence-electron chi connectivity index (χ4n) is 0.990. The molecule has 1 aliphatic rings. The molecule has 0 amide bonds. The van der Waals surface area contributed by atoms with Gasteiger partial charge in [0.1, 0.15) is 0 Å². The van der Waals surface area contributed by atoms with E-state index in [1.54, 1.807) is 0 Å². The zero-order valence-corrected chi connectivity index (χ0v) is 5.16. The summed E-state index contributed by atoms with van der Waals surface area (Å²) >= 11 is 0. The molecule has 0 bridgehead atoms. The minimum absolute atomic E-state index is 0.235. The first-order valence-corrected chi connectivity index (χ1v) is 3.03. The van der Waals surface area contributed by atoms with Gasteiger partial charge in [-0.1, -0.05) is 0 Å². The van der Waals surface area contributed by atoms with Gasteiger partial charge in [-0.25, -0.2) is 0 Å². The van der Waals surface area contributed by atoms with E-state index in [1.807, 2.05) is 4.81 Å². The van der Waals surface area contributed by atoms with Crippen molar-refractivity contribution in [2.24, 2.45) is 0 Å². The molecule has 3 nitrogen and oxygen atoms in total. The first-order valence-electron chi connectivity index (χ1n) is 3.03. The van der Waals surface area contributed by atoms with Crippen LogP contribution in [0.25, 0.3) is 0 Å². The Morgan fingerprint density at radius 3 is 3.00 bits per heavy atom. The van der Waals surface area contributed by atoms with Crippen molar-refractivity contribution in [2.45, 2.75) is 12.5 Å². The number of aliphatic hydroxyl groups is 1. The van der Waals surface area contributed by atoms with E-state index in [1.165, 1.54) is 7.41 Å². The van der Waals surface area contributed by atoms with Crippen LogP contribution in [0, 0.1) is 0 Å². The van der Waals surface area contributed by atoms with Crippen molar-refractivity contribution in [3.63, 3.8) is 0 Å². The largest absolute Gasteiger partial charge is 0.392 e. The molecule has 0 aromatic rings. The third-order valence-corrected chi connectivity index (χ3v) is 1.47. The second kappa shape index (κ2) is 2.99. The maximum atomic E-state index is 9.89. The molecule has 0 aromatic heterocycles. The van der Waals surface area contributed by atoms with Gasteiger partial charge in [0.15, 0.2) is 0 Å². The van der Waals surface area contributed by atoms with Crippen LogP contribution in [-0.2, 0) is 4.79 Å². The van der Waals surface area contributed by atoms with Crippen LogP contribution in [0.5, 0.6) is 0 Å². The van der Waals surface area contributed by atoms with E-state index >= 15 is 0 Å². The van der Waals surface area contributed by atoms with E-state index < -0.39 is 0 Å². The van der Waals surface area contributed by atoms with Gasteiger partial charge in [-0.05, 0) is 13.0 Å². The zero-order chi connectivity index (χ0) is 6.69. The smallest absolute Gasteiger partial charge is 0.293 e. The number of carbonyl (C=O) groups excluding carboxylic acids is 1. The molecule has 1 rings (SSSR count). The Hall–Kier alpha value is -0.345. The highest BCUT2D eigenvalue weighted by molar-refractivity contribution is 6.64. The van der Waals surface area contributed by atoms with Gasteiger partial charge in [0.2, 0.25) is 0 Å². The summed E-state index contributed by atoms with van der Waals surface area (Å²) in [5.74, 6) is 0. The zero-order valence-electron chi connectivity index (χ0n) is 5.16. The van der Waals surface area contributed by atoms with Gasteiger partial charge in [0.25, 0.3) is 7.41 Å². The quantitative estimate of drug-likeness (QED) is 0.375. The Bertz CT molecular complexity index is 109. The monoisotopic (exact) mass is 126 g/mol. The second-order valence-electron chi connectivity index (χ2n) is 2.22. The molecule has 1 fully saturated rings. The number of carbonyl (C=O) groups is 1.